The Bertz CT molecular complexity index is 577. The number of ether oxygens (including phenoxy) is 2. The van der Waals surface area contributed by atoms with Gasteiger partial charge in [-0.15, -0.1) is 0 Å². The minimum absolute atomic E-state index is 0.0282. The number of amides is 3. The van der Waals surface area contributed by atoms with Crippen LogP contribution in [0, 0.1) is 5.92 Å². The fourth-order valence-electron chi connectivity index (χ4n) is 1.69. The summed E-state index contributed by atoms with van der Waals surface area (Å²) in [6.45, 7) is 3.49. The number of carbonyl (C=O) groups is 3. The molecule has 0 heterocycles. The van der Waals surface area contributed by atoms with Gasteiger partial charge < -0.3 is 15.2 Å². The minimum Gasteiger partial charge on any atom is -0.493 e. The predicted octanol–water partition coefficient (Wildman–Crippen LogP) is 1.98. The Kier molecular flexibility index (Phi) is 7.53. The molecule has 1 aromatic carbocycles. The van der Waals surface area contributed by atoms with Crippen molar-refractivity contribution in [2.24, 2.45) is 11.7 Å². The van der Waals surface area contributed by atoms with Crippen LogP contribution >= 0.6 is 15.9 Å². The molecule has 23 heavy (non-hydrogen) atoms. The second-order valence-electron chi connectivity index (χ2n) is 5.06. The Morgan fingerprint density at radius 3 is 2.57 bits per heavy atom. The smallest absolute Gasteiger partial charge is 0.318 e. The van der Waals surface area contributed by atoms with E-state index in [0.29, 0.717) is 5.75 Å². The molecular formula is C15H19BrN2O5. The fraction of sp³-hybridized carbons (Fsp3) is 0.400. The van der Waals surface area contributed by atoms with Gasteiger partial charge in [0, 0.05) is 4.47 Å². The maximum atomic E-state index is 11.8. The summed E-state index contributed by atoms with van der Waals surface area (Å²) in [5.41, 5.74) is 4.88. The first-order chi connectivity index (χ1) is 10.8. The van der Waals surface area contributed by atoms with Gasteiger partial charge in [-0.25, -0.2) is 4.79 Å². The number of halogens is 1. The van der Waals surface area contributed by atoms with Gasteiger partial charge in [0.15, 0.2) is 6.10 Å². The monoisotopic (exact) mass is 386 g/mol. The number of nitrogens with two attached hydrogens (primary N) is 1. The molecule has 0 aliphatic heterocycles. The quantitative estimate of drug-likeness (QED) is 0.696. The van der Waals surface area contributed by atoms with Gasteiger partial charge in [-0.3, -0.25) is 14.9 Å². The van der Waals surface area contributed by atoms with E-state index in [1.165, 1.54) is 0 Å². The standard InChI is InChI=1S/C15H19BrN2O5/c1-9(2)13(14(20)18-15(17)21)23-12(19)6-7-22-11-5-3-4-10(16)8-11/h3-5,8-9,13H,6-7H2,1-2H3,(H3,17,18,20,21)/t13-/m1/s1. The average Bonchev–Trinajstić information content (AvgIpc) is 2.43. The SMILES string of the molecule is CC(C)[C@@H](OC(=O)CCOc1cccc(Br)c1)C(=O)NC(N)=O. The van der Waals surface area contributed by atoms with E-state index >= 15 is 0 Å². The molecule has 0 aliphatic carbocycles. The second-order valence-corrected chi connectivity index (χ2v) is 5.98. The van der Waals surface area contributed by atoms with Crippen molar-refractivity contribution >= 4 is 33.8 Å². The molecule has 3 amide bonds. The van der Waals surface area contributed by atoms with E-state index in [1.807, 2.05) is 11.4 Å². The number of urea groups is 1. The third kappa shape index (κ3) is 7.14. The lowest BCUT2D eigenvalue weighted by atomic mass is 10.1. The van der Waals surface area contributed by atoms with E-state index in [-0.39, 0.29) is 18.9 Å². The van der Waals surface area contributed by atoms with E-state index in [9.17, 15) is 14.4 Å². The Balaban J connectivity index is 2.46. The largest absolute Gasteiger partial charge is 0.493 e. The zero-order valence-electron chi connectivity index (χ0n) is 12.9. The molecule has 1 atom stereocenters. The molecule has 1 rings (SSSR count). The minimum atomic E-state index is -1.08. The van der Waals surface area contributed by atoms with Gasteiger partial charge in [0.1, 0.15) is 5.75 Å². The molecule has 1 aromatic rings. The van der Waals surface area contributed by atoms with Gasteiger partial charge >= 0.3 is 12.0 Å². The van der Waals surface area contributed by atoms with Crippen molar-refractivity contribution in [3.63, 3.8) is 0 Å². The summed E-state index contributed by atoms with van der Waals surface area (Å²) in [5, 5.41) is 1.90. The Morgan fingerprint density at radius 1 is 1.30 bits per heavy atom. The normalized spacial score (nSPS) is 11.7. The number of hydrogen-bond donors (Lipinski definition) is 2. The van der Waals surface area contributed by atoms with Crippen molar-refractivity contribution in [1.82, 2.24) is 5.32 Å². The van der Waals surface area contributed by atoms with E-state index < -0.39 is 24.0 Å². The lowest BCUT2D eigenvalue weighted by Crippen LogP contribution is -2.45. The molecule has 0 spiro atoms. The topological polar surface area (TPSA) is 108 Å². The Labute approximate surface area is 142 Å². The number of imide groups is 1. The third-order valence-corrected chi connectivity index (χ3v) is 3.23. The Hall–Kier alpha value is -2.09. The third-order valence-electron chi connectivity index (χ3n) is 2.74. The highest BCUT2D eigenvalue weighted by Crippen LogP contribution is 2.18. The van der Waals surface area contributed by atoms with Gasteiger partial charge in [0.05, 0.1) is 13.0 Å². The molecule has 0 saturated heterocycles. The number of esters is 1. The van der Waals surface area contributed by atoms with Gasteiger partial charge in [0.25, 0.3) is 5.91 Å². The summed E-state index contributed by atoms with van der Waals surface area (Å²) < 4.78 is 11.4. The number of carbonyl (C=O) groups excluding carboxylic acids is 3. The average molecular weight is 387 g/mol. The van der Waals surface area contributed by atoms with Crippen LogP contribution < -0.4 is 15.8 Å². The molecule has 3 N–H and O–H groups in total. The first kappa shape index (κ1) is 19.0. The zero-order valence-corrected chi connectivity index (χ0v) is 14.5. The molecule has 0 saturated carbocycles. The van der Waals surface area contributed by atoms with Gasteiger partial charge in [0.2, 0.25) is 0 Å². The van der Waals surface area contributed by atoms with Crippen LogP contribution in [0.4, 0.5) is 4.79 Å². The van der Waals surface area contributed by atoms with Crippen molar-refractivity contribution in [3.8, 4) is 5.75 Å². The number of benzene rings is 1. The van der Waals surface area contributed by atoms with Crippen molar-refractivity contribution < 1.29 is 23.9 Å². The molecule has 0 radical (unpaired) electrons. The highest BCUT2D eigenvalue weighted by Gasteiger charge is 2.27. The number of primary amides is 1. The molecule has 7 nitrogen and oxygen atoms in total. The number of rotatable bonds is 7. The van der Waals surface area contributed by atoms with Crippen molar-refractivity contribution in [2.75, 3.05) is 6.61 Å². The van der Waals surface area contributed by atoms with Crippen molar-refractivity contribution in [3.05, 3.63) is 28.7 Å². The van der Waals surface area contributed by atoms with Gasteiger partial charge in [-0.05, 0) is 24.1 Å². The summed E-state index contributed by atoms with van der Waals surface area (Å²) in [6, 6.07) is 6.19. The Morgan fingerprint density at radius 2 is 2.00 bits per heavy atom. The number of nitrogens with one attached hydrogen (secondary N) is 1. The molecule has 0 bridgehead atoms. The maximum Gasteiger partial charge on any atom is 0.318 e. The molecule has 126 valence electrons. The molecule has 0 unspecified atom stereocenters. The van der Waals surface area contributed by atoms with E-state index in [0.717, 1.165) is 4.47 Å². The number of hydrogen-bond acceptors (Lipinski definition) is 5. The van der Waals surface area contributed by atoms with Crippen LogP contribution in [0.25, 0.3) is 0 Å². The van der Waals surface area contributed by atoms with Crippen molar-refractivity contribution in [1.29, 1.82) is 0 Å². The summed E-state index contributed by atoms with van der Waals surface area (Å²) >= 11 is 3.31. The predicted molar refractivity (Wildman–Crippen MR) is 86.7 cm³/mol. The highest BCUT2D eigenvalue weighted by molar-refractivity contribution is 9.10. The zero-order chi connectivity index (χ0) is 17.4. The van der Waals surface area contributed by atoms with Crippen LogP contribution in [0.15, 0.2) is 28.7 Å². The molecule has 0 aromatic heterocycles. The summed E-state index contributed by atoms with van der Waals surface area (Å²) in [4.78, 5) is 34.2. The second kappa shape index (κ2) is 9.14. The maximum absolute atomic E-state index is 11.8. The van der Waals surface area contributed by atoms with Crippen molar-refractivity contribution in [2.45, 2.75) is 26.4 Å². The fourth-order valence-corrected chi connectivity index (χ4v) is 2.07. The first-order valence-electron chi connectivity index (χ1n) is 6.97. The van der Waals surface area contributed by atoms with Crippen LogP contribution in [-0.2, 0) is 14.3 Å². The van der Waals surface area contributed by atoms with Crippen LogP contribution in [0.2, 0.25) is 0 Å². The van der Waals surface area contributed by atoms with E-state index in [4.69, 9.17) is 15.2 Å². The van der Waals surface area contributed by atoms with E-state index in [2.05, 4.69) is 15.9 Å². The van der Waals surface area contributed by atoms with Gasteiger partial charge in [-0.1, -0.05) is 35.8 Å². The molecule has 8 heteroatoms. The van der Waals surface area contributed by atoms with Crippen LogP contribution in [0.5, 0.6) is 5.75 Å². The molecular weight excluding hydrogens is 368 g/mol. The first-order valence-corrected chi connectivity index (χ1v) is 7.77. The highest BCUT2D eigenvalue weighted by atomic mass is 79.9. The van der Waals surface area contributed by atoms with Crippen LogP contribution in [-0.4, -0.2) is 30.6 Å². The lowest BCUT2D eigenvalue weighted by Gasteiger charge is -2.19. The summed E-state index contributed by atoms with van der Waals surface area (Å²) in [7, 11) is 0. The van der Waals surface area contributed by atoms with Gasteiger partial charge in [-0.2, -0.15) is 0 Å². The molecule has 0 fully saturated rings. The van der Waals surface area contributed by atoms with Crippen LogP contribution in [0.1, 0.15) is 20.3 Å². The lowest BCUT2D eigenvalue weighted by molar-refractivity contribution is -0.158. The molecule has 0 aliphatic rings. The van der Waals surface area contributed by atoms with Crippen LogP contribution in [0.3, 0.4) is 0 Å². The summed E-state index contributed by atoms with van der Waals surface area (Å²) in [5.74, 6) is -1.03. The van der Waals surface area contributed by atoms with E-state index in [1.54, 1.807) is 32.0 Å². The summed E-state index contributed by atoms with van der Waals surface area (Å²) in [6.07, 6.45) is -1.11.